The fourth-order valence-corrected chi connectivity index (χ4v) is 3.33. The molecular weight excluding hydrogens is 425 g/mol. The SMILES string of the molecule is COc1ccc(-c2cc(C(F)(F)F)n3ncc(C(=O)NCc4cn(C)nc4C)c3n2)cc1. The van der Waals surface area contributed by atoms with Crippen LogP contribution in [0.4, 0.5) is 13.2 Å². The molecule has 32 heavy (non-hydrogen) atoms. The Morgan fingerprint density at radius 1 is 1.22 bits per heavy atom. The molecule has 3 aromatic heterocycles. The fourth-order valence-electron chi connectivity index (χ4n) is 3.33. The van der Waals surface area contributed by atoms with Gasteiger partial charge < -0.3 is 10.1 Å². The first-order valence-electron chi connectivity index (χ1n) is 9.55. The number of hydrogen-bond donors (Lipinski definition) is 1. The van der Waals surface area contributed by atoms with Crippen LogP contribution in [-0.4, -0.2) is 37.4 Å². The van der Waals surface area contributed by atoms with Gasteiger partial charge in [0.15, 0.2) is 11.3 Å². The van der Waals surface area contributed by atoms with Gasteiger partial charge in [0.25, 0.3) is 5.91 Å². The van der Waals surface area contributed by atoms with Crippen LogP contribution in [0, 0.1) is 6.92 Å². The smallest absolute Gasteiger partial charge is 0.433 e. The van der Waals surface area contributed by atoms with E-state index in [1.165, 1.54) is 7.11 Å². The second kappa shape index (κ2) is 7.98. The maximum atomic E-state index is 13.7. The van der Waals surface area contributed by atoms with Crippen LogP contribution >= 0.6 is 0 Å². The number of carbonyl (C=O) groups excluding carboxylic acids is 1. The van der Waals surface area contributed by atoms with E-state index in [-0.39, 0.29) is 23.4 Å². The van der Waals surface area contributed by atoms with Crippen LogP contribution in [0.2, 0.25) is 0 Å². The van der Waals surface area contributed by atoms with Gasteiger partial charge >= 0.3 is 6.18 Å². The molecule has 0 saturated carbocycles. The lowest BCUT2D eigenvalue weighted by molar-refractivity contribution is -0.142. The Morgan fingerprint density at radius 3 is 2.53 bits per heavy atom. The first-order valence-corrected chi connectivity index (χ1v) is 9.55. The van der Waals surface area contributed by atoms with Crippen molar-refractivity contribution in [1.82, 2.24) is 29.7 Å². The van der Waals surface area contributed by atoms with E-state index in [2.05, 4.69) is 20.5 Å². The van der Waals surface area contributed by atoms with E-state index in [1.807, 2.05) is 0 Å². The predicted octanol–water partition coefficient (Wildman–Crippen LogP) is 3.40. The lowest BCUT2D eigenvalue weighted by Gasteiger charge is -2.12. The Bertz CT molecular complexity index is 1290. The number of halogens is 3. The van der Waals surface area contributed by atoms with Gasteiger partial charge in [-0.1, -0.05) is 0 Å². The Balaban J connectivity index is 1.75. The Hall–Kier alpha value is -3.89. The molecule has 0 radical (unpaired) electrons. The molecule has 11 heteroatoms. The second-order valence-corrected chi connectivity index (χ2v) is 7.14. The van der Waals surface area contributed by atoms with Crippen molar-refractivity contribution in [2.45, 2.75) is 19.6 Å². The number of aryl methyl sites for hydroxylation is 2. The van der Waals surface area contributed by atoms with Gasteiger partial charge in [-0.05, 0) is 37.3 Å². The highest BCUT2D eigenvalue weighted by Crippen LogP contribution is 2.33. The second-order valence-electron chi connectivity index (χ2n) is 7.14. The first-order chi connectivity index (χ1) is 15.2. The molecular formula is C21H19F3N6O2. The zero-order valence-electron chi connectivity index (χ0n) is 17.4. The molecule has 1 aromatic carbocycles. The highest BCUT2D eigenvalue weighted by Gasteiger charge is 2.36. The van der Waals surface area contributed by atoms with Gasteiger partial charge in [-0.15, -0.1) is 0 Å². The monoisotopic (exact) mass is 444 g/mol. The predicted molar refractivity (Wildman–Crippen MR) is 109 cm³/mol. The number of methoxy groups -OCH3 is 1. The van der Waals surface area contributed by atoms with Gasteiger partial charge in [0, 0.05) is 30.9 Å². The van der Waals surface area contributed by atoms with Crippen molar-refractivity contribution >= 4 is 11.6 Å². The topological polar surface area (TPSA) is 86.3 Å². The number of carbonyl (C=O) groups is 1. The fraction of sp³-hybridized carbons (Fsp3) is 0.238. The van der Waals surface area contributed by atoms with Gasteiger partial charge in [-0.25, -0.2) is 9.50 Å². The first kappa shape index (κ1) is 21.3. The van der Waals surface area contributed by atoms with E-state index >= 15 is 0 Å². The number of fused-ring (bicyclic) bond motifs is 1. The summed E-state index contributed by atoms with van der Waals surface area (Å²) in [4.78, 5) is 17.1. The maximum Gasteiger partial charge on any atom is 0.433 e. The number of hydrogen-bond acceptors (Lipinski definition) is 5. The van der Waals surface area contributed by atoms with Gasteiger partial charge in [0.2, 0.25) is 0 Å². The van der Waals surface area contributed by atoms with Crippen LogP contribution in [-0.2, 0) is 19.8 Å². The summed E-state index contributed by atoms with van der Waals surface area (Å²) in [7, 11) is 3.25. The molecule has 0 bridgehead atoms. The molecule has 0 spiro atoms. The highest BCUT2D eigenvalue weighted by molar-refractivity contribution is 5.99. The zero-order valence-corrected chi connectivity index (χ0v) is 17.4. The normalized spacial score (nSPS) is 11.7. The van der Waals surface area contributed by atoms with E-state index in [0.717, 1.165) is 23.5 Å². The molecule has 8 nitrogen and oxygen atoms in total. The van der Waals surface area contributed by atoms with Crippen LogP contribution in [0.25, 0.3) is 16.9 Å². The number of ether oxygens (including phenoxy) is 1. The van der Waals surface area contributed by atoms with Crippen molar-refractivity contribution in [2.75, 3.05) is 7.11 Å². The Kier molecular flexibility index (Phi) is 5.33. The molecule has 4 aromatic rings. The van der Waals surface area contributed by atoms with Gasteiger partial charge in [0.05, 0.1) is 24.7 Å². The summed E-state index contributed by atoms with van der Waals surface area (Å²) in [5, 5.41) is 10.7. The van der Waals surface area contributed by atoms with Crippen LogP contribution in [0.1, 0.15) is 27.3 Å². The van der Waals surface area contributed by atoms with Gasteiger partial charge in [-0.3, -0.25) is 9.48 Å². The van der Waals surface area contributed by atoms with Crippen LogP contribution in [0.5, 0.6) is 5.75 Å². The third-order valence-corrected chi connectivity index (χ3v) is 4.95. The minimum absolute atomic E-state index is 0.0603. The summed E-state index contributed by atoms with van der Waals surface area (Å²) in [6.07, 6.45) is -1.86. The van der Waals surface area contributed by atoms with Crippen LogP contribution < -0.4 is 10.1 Å². The quantitative estimate of drug-likeness (QED) is 0.510. The van der Waals surface area contributed by atoms with Crippen molar-refractivity contribution < 1.29 is 22.7 Å². The standard InChI is InChI=1S/C21H19F3N6O2/c1-12-14(11-29(2)28-12)9-25-20(31)16-10-26-30-18(21(22,23)24)8-17(27-19(16)30)13-4-6-15(32-3)7-5-13/h4-8,10-11H,9H2,1-3H3,(H,25,31). The lowest BCUT2D eigenvalue weighted by atomic mass is 10.1. The van der Waals surface area contributed by atoms with Crippen molar-refractivity contribution in [3.63, 3.8) is 0 Å². The van der Waals surface area contributed by atoms with E-state index in [9.17, 15) is 18.0 Å². The van der Waals surface area contributed by atoms with E-state index in [4.69, 9.17) is 4.74 Å². The molecule has 0 fully saturated rings. The molecule has 0 aliphatic rings. The Morgan fingerprint density at radius 2 is 1.94 bits per heavy atom. The average molecular weight is 444 g/mol. The molecule has 0 unspecified atom stereocenters. The molecule has 0 saturated heterocycles. The summed E-state index contributed by atoms with van der Waals surface area (Å²) in [5.74, 6) is -0.0308. The van der Waals surface area contributed by atoms with Crippen molar-refractivity contribution in [2.24, 2.45) is 7.05 Å². The molecule has 1 amide bonds. The van der Waals surface area contributed by atoms with Crippen molar-refractivity contribution in [1.29, 1.82) is 0 Å². The van der Waals surface area contributed by atoms with E-state index in [1.54, 1.807) is 49.1 Å². The lowest BCUT2D eigenvalue weighted by Crippen LogP contribution is -2.23. The number of alkyl halides is 3. The molecule has 0 atom stereocenters. The molecule has 3 heterocycles. The molecule has 166 valence electrons. The molecule has 4 rings (SSSR count). The number of rotatable bonds is 5. The molecule has 0 aliphatic carbocycles. The highest BCUT2D eigenvalue weighted by atomic mass is 19.4. The summed E-state index contributed by atoms with van der Waals surface area (Å²) < 4.78 is 48.6. The number of nitrogens with one attached hydrogen (secondary N) is 1. The van der Waals surface area contributed by atoms with Gasteiger partial charge in [0.1, 0.15) is 11.3 Å². The number of aromatic nitrogens is 5. The van der Waals surface area contributed by atoms with Gasteiger partial charge in [-0.2, -0.15) is 23.4 Å². The molecule has 1 N–H and O–H groups in total. The van der Waals surface area contributed by atoms with E-state index < -0.39 is 17.8 Å². The van der Waals surface area contributed by atoms with Crippen LogP contribution in [0.3, 0.4) is 0 Å². The number of benzene rings is 1. The summed E-state index contributed by atoms with van der Waals surface area (Å²) >= 11 is 0. The summed E-state index contributed by atoms with van der Waals surface area (Å²) in [5.41, 5.74) is 0.753. The number of amides is 1. The van der Waals surface area contributed by atoms with Crippen molar-refractivity contribution in [3.05, 3.63) is 65.2 Å². The average Bonchev–Trinajstić information content (AvgIpc) is 3.32. The minimum atomic E-state index is -4.70. The zero-order chi connectivity index (χ0) is 23.0. The third kappa shape index (κ3) is 4.01. The summed E-state index contributed by atoms with van der Waals surface area (Å²) in [6, 6.07) is 7.34. The number of nitrogens with zero attached hydrogens (tertiary/aromatic N) is 5. The maximum absolute atomic E-state index is 13.7. The van der Waals surface area contributed by atoms with Crippen molar-refractivity contribution in [3.8, 4) is 17.0 Å². The minimum Gasteiger partial charge on any atom is -0.497 e. The largest absolute Gasteiger partial charge is 0.497 e. The molecule has 0 aliphatic heterocycles. The third-order valence-electron chi connectivity index (χ3n) is 4.95. The van der Waals surface area contributed by atoms with Crippen LogP contribution in [0.15, 0.2) is 42.7 Å². The summed E-state index contributed by atoms with van der Waals surface area (Å²) in [6.45, 7) is 1.97. The van der Waals surface area contributed by atoms with E-state index in [0.29, 0.717) is 15.8 Å². The Labute approximate surface area is 180 Å².